The highest BCUT2D eigenvalue weighted by molar-refractivity contribution is 6.74. The average molecular weight is 311 g/mol. The van der Waals surface area contributed by atoms with Gasteiger partial charge in [0.2, 0.25) is 8.32 Å². The lowest BCUT2D eigenvalue weighted by atomic mass is 9.89. The zero-order valence-corrected chi connectivity index (χ0v) is 15.5. The topological polar surface area (TPSA) is 38.7 Å². The summed E-state index contributed by atoms with van der Waals surface area (Å²) in [5, 5.41) is 10.4. The monoisotopic (exact) mass is 310 g/mol. The fourth-order valence-electron chi connectivity index (χ4n) is 2.85. The van der Waals surface area contributed by atoms with Gasteiger partial charge in [-0.1, -0.05) is 40.3 Å². The number of hydrogen-bond donors (Lipinski definition) is 1. The van der Waals surface area contributed by atoms with Crippen molar-refractivity contribution in [3.05, 3.63) is 24.0 Å². The standard InChI is InChI=1S/C17H30O3Si/c1-11-14-9-13(10-15(14)19-17(11,6)18)12(2)20-21(7,8)16(3,4)5/h9,11,14-15,18H,2,10H2,1,3-8H3/t11-,14-,15-,17?/m0/s1. The van der Waals surface area contributed by atoms with E-state index in [0.717, 1.165) is 17.8 Å². The Morgan fingerprint density at radius 2 is 2.05 bits per heavy atom. The van der Waals surface area contributed by atoms with Crippen molar-refractivity contribution in [3.63, 3.8) is 0 Å². The lowest BCUT2D eigenvalue weighted by Gasteiger charge is -2.37. The van der Waals surface area contributed by atoms with Gasteiger partial charge >= 0.3 is 0 Å². The van der Waals surface area contributed by atoms with Crippen LogP contribution in [0.15, 0.2) is 24.0 Å². The third kappa shape index (κ3) is 2.99. The highest BCUT2D eigenvalue weighted by Gasteiger charge is 2.51. The van der Waals surface area contributed by atoms with Gasteiger partial charge in [-0.25, -0.2) is 0 Å². The van der Waals surface area contributed by atoms with Crippen LogP contribution in [0.3, 0.4) is 0 Å². The maximum Gasteiger partial charge on any atom is 0.250 e. The summed E-state index contributed by atoms with van der Waals surface area (Å²) in [5.74, 6) is 0.140. The van der Waals surface area contributed by atoms with Gasteiger partial charge in [0.15, 0.2) is 5.79 Å². The molecule has 0 amide bonds. The third-order valence-corrected chi connectivity index (χ3v) is 9.97. The minimum Gasteiger partial charge on any atom is -0.544 e. The molecule has 2 rings (SSSR count). The first-order valence-corrected chi connectivity index (χ1v) is 10.7. The molecular formula is C17H30O3Si. The van der Waals surface area contributed by atoms with Crippen LogP contribution < -0.4 is 0 Å². The highest BCUT2D eigenvalue weighted by Crippen LogP contribution is 2.48. The Morgan fingerprint density at radius 3 is 2.52 bits per heavy atom. The summed E-state index contributed by atoms with van der Waals surface area (Å²) in [6.07, 6.45) is 3.05. The number of ether oxygens (including phenoxy) is 1. The molecule has 1 unspecified atom stereocenters. The van der Waals surface area contributed by atoms with Crippen molar-refractivity contribution in [2.45, 2.75) is 71.1 Å². The summed E-state index contributed by atoms with van der Waals surface area (Å²) in [4.78, 5) is 0. The molecule has 4 heteroatoms. The average Bonchev–Trinajstić information content (AvgIpc) is 2.76. The van der Waals surface area contributed by atoms with Crippen LogP contribution in [0.1, 0.15) is 41.0 Å². The molecule has 2 aliphatic rings. The van der Waals surface area contributed by atoms with Crippen LogP contribution >= 0.6 is 0 Å². The smallest absolute Gasteiger partial charge is 0.250 e. The molecule has 3 nitrogen and oxygen atoms in total. The highest BCUT2D eigenvalue weighted by atomic mass is 28.4. The largest absolute Gasteiger partial charge is 0.544 e. The third-order valence-electron chi connectivity index (χ3n) is 5.60. The van der Waals surface area contributed by atoms with Crippen LogP contribution in [-0.2, 0) is 9.16 Å². The van der Waals surface area contributed by atoms with E-state index < -0.39 is 14.1 Å². The van der Waals surface area contributed by atoms with Crippen molar-refractivity contribution in [2.75, 3.05) is 0 Å². The Bertz CT molecular complexity index is 471. The Hall–Kier alpha value is -0.583. The van der Waals surface area contributed by atoms with Gasteiger partial charge in [-0.05, 0) is 30.6 Å². The molecule has 1 heterocycles. The van der Waals surface area contributed by atoms with Crippen LogP contribution in [0.4, 0.5) is 0 Å². The van der Waals surface area contributed by atoms with E-state index in [0.29, 0.717) is 0 Å². The molecule has 0 saturated carbocycles. The zero-order chi connectivity index (χ0) is 16.2. The summed E-state index contributed by atoms with van der Waals surface area (Å²) in [5.41, 5.74) is 1.15. The van der Waals surface area contributed by atoms with Crippen molar-refractivity contribution in [3.8, 4) is 0 Å². The van der Waals surface area contributed by atoms with E-state index in [1.54, 1.807) is 6.92 Å². The summed E-state index contributed by atoms with van der Waals surface area (Å²) in [6.45, 7) is 19.1. The fourth-order valence-corrected chi connectivity index (χ4v) is 3.90. The number of aliphatic hydroxyl groups is 1. The summed E-state index contributed by atoms with van der Waals surface area (Å²) in [6, 6.07) is 0. The van der Waals surface area contributed by atoms with E-state index >= 15 is 0 Å². The maximum atomic E-state index is 10.2. The lowest BCUT2D eigenvalue weighted by Crippen LogP contribution is -2.40. The van der Waals surface area contributed by atoms with Gasteiger partial charge in [-0.2, -0.15) is 0 Å². The predicted molar refractivity (Wildman–Crippen MR) is 88.3 cm³/mol. The summed E-state index contributed by atoms with van der Waals surface area (Å²) >= 11 is 0. The van der Waals surface area contributed by atoms with Crippen LogP contribution in [0, 0.1) is 11.8 Å². The molecule has 4 atom stereocenters. The van der Waals surface area contributed by atoms with Crippen molar-refractivity contribution in [1.29, 1.82) is 0 Å². The zero-order valence-electron chi connectivity index (χ0n) is 14.5. The molecule has 0 aromatic rings. The van der Waals surface area contributed by atoms with Crippen molar-refractivity contribution in [1.82, 2.24) is 0 Å². The molecule has 0 bridgehead atoms. The van der Waals surface area contributed by atoms with Gasteiger partial charge in [0.05, 0.1) is 11.9 Å². The maximum absolute atomic E-state index is 10.2. The second-order valence-corrected chi connectivity index (χ2v) is 13.0. The molecule has 1 N–H and O–H groups in total. The van der Waals surface area contributed by atoms with E-state index in [1.165, 1.54) is 0 Å². The summed E-state index contributed by atoms with van der Waals surface area (Å²) in [7, 11) is -1.85. The van der Waals surface area contributed by atoms with E-state index in [9.17, 15) is 5.11 Å². The minimum absolute atomic E-state index is 0.0600. The van der Waals surface area contributed by atoms with Gasteiger partial charge in [-0.3, -0.25) is 0 Å². The first-order valence-electron chi connectivity index (χ1n) is 7.84. The van der Waals surface area contributed by atoms with Crippen LogP contribution in [0.25, 0.3) is 0 Å². The second-order valence-electron chi connectivity index (χ2n) is 8.26. The molecule has 0 radical (unpaired) electrons. The quantitative estimate of drug-likeness (QED) is 0.627. The van der Waals surface area contributed by atoms with Crippen LogP contribution in [-0.4, -0.2) is 25.3 Å². The lowest BCUT2D eigenvalue weighted by molar-refractivity contribution is -0.195. The number of allylic oxidation sites excluding steroid dienone is 1. The SMILES string of the molecule is C=C(O[Si](C)(C)C(C)(C)C)C1=C[C@@H]2[C@H](C1)OC(C)(O)[C@H]2C. The normalized spacial score (nSPS) is 36.4. The molecule has 0 aromatic carbocycles. The Kier molecular flexibility index (Phi) is 3.97. The molecule has 21 heavy (non-hydrogen) atoms. The van der Waals surface area contributed by atoms with Gasteiger partial charge in [0, 0.05) is 18.3 Å². The molecule has 120 valence electrons. The van der Waals surface area contributed by atoms with E-state index in [4.69, 9.17) is 9.16 Å². The van der Waals surface area contributed by atoms with Gasteiger partial charge in [0.1, 0.15) is 0 Å². The molecule has 1 saturated heterocycles. The summed E-state index contributed by atoms with van der Waals surface area (Å²) < 4.78 is 12.1. The van der Waals surface area contributed by atoms with Gasteiger partial charge in [-0.15, -0.1) is 0 Å². The second kappa shape index (κ2) is 4.97. The number of hydrogen-bond acceptors (Lipinski definition) is 3. The minimum atomic E-state index is -1.85. The van der Waals surface area contributed by atoms with Crippen molar-refractivity contribution < 1.29 is 14.3 Å². The molecule has 1 aliphatic heterocycles. The van der Waals surface area contributed by atoms with Gasteiger partial charge < -0.3 is 14.3 Å². The van der Waals surface area contributed by atoms with Crippen molar-refractivity contribution in [2.24, 2.45) is 11.8 Å². The predicted octanol–water partition coefficient (Wildman–Crippen LogP) is 4.21. The van der Waals surface area contributed by atoms with Crippen LogP contribution in [0.5, 0.6) is 0 Å². The number of rotatable bonds is 3. The van der Waals surface area contributed by atoms with E-state index in [2.05, 4.69) is 46.5 Å². The molecule has 0 spiro atoms. The van der Waals surface area contributed by atoms with E-state index in [1.807, 2.05) is 6.92 Å². The Labute approximate surface area is 130 Å². The molecular weight excluding hydrogens is 280 g/mol. The first kappa shape index (κ1) is 16.8. The fraction of sp³-hybridized carbons (Fsp3) is 0.765. The van der Waals surface area contributed by atoms with Crippen LogP contribution in [0.2, 0.25) is 18.1 Å². The Balaban J connectivity index is 2.09. The molecule has 1 fully saturated rings. The first-order chi connectivity index (χ1) is 9.35. The Morgan fingerprint density at radius 1 is 1.48 bits per heavy atom. The van der Waals surface area contributed by atoms with Crippen molar-refractivity contribution >= 4 is 8.32 Å². The van der Waals surface area contributed by atoms with Gasteiger partial charge in [0.25, 0.3) is 0 Å². The molecule has 0 aromatic heterocycles. The number of fused-ring (bicyclic) bond motifs is 1. The molecule has 1 aliphatic carbocycles. The van der Waals surface area contributed by atoms with E-state index in [-0.39, 0.29) is 23.0 Å².